The molecule has 4 rings (SSSR count). The zero-order chi connectivity index (χ0) is 24.2. The molecule has 0 aliphatic rings. The molecule has 0 saturated carbocycles. The first-order valence-corrected chi connectivity index (χ1v) is 11.0. The number of fused-ring (bicyclic) bond motifs is 1. The SMILES string of the molecule is COc1ccc(NC(=O)c2ccc(NC(=O)CCc3c(C)nc4cc(C)nn4c3C)cc2)cc1. The molecule has 8 heteroatoms. The highest BCUT2D eigenvalue weighted by Gasteiger charge is 2.13. The average molecular weight is 458 g/mol. The molecule has 0 saturated heterocycles. The molecule has 0 spiro atoms. The Morgan fingerprint density at radius 1 is 0.941 bits per heavy atom. The van der Waals surface area contributed by atoms with Gasteiger partial charge in [-0.2, -0.15) is 5.10 Å². The van der Waals surface area contributed by atoms with Gasteiger partial charge in [-0.25, -0.2) is 9.50 Å². The molecule has 2 aromatic carbocycles. The number of hydrogen-bond acceptors (Lipinski definition) is 5. The molecule has 0 aliphatic heterocycles. The van der Waals surface area contributed by atoms with Crippen molar-refractivity contribution in [2.45, 2.75) is 33.6 Å². The molecule has 0 radical (unpaired) electrons. The minimum atomic E-state index is -0.231. The molecule has 0 unspecified atom stereocenters. The molecule has 2 aromatic heterocycles. The summed E-state index contributed by atoms with van der Waals surface area (Å²) < 4.78 is 6.95. The lowest BCUT2D eigenvalue weighted by Gasteiger charge is -2.11. The predicted molar refractivity (Wildman–Crippen MR) is 132 cm³/mol. The van der Waals surface area contributed by atoms with Crippen LogP contribution in [-0.4, -0.2) is 33.5 Å². The maximum atomic E-state index is 12.5. The fourth-order valence-corrected chi connectivity index (χ4v) is 3.85. The number of anilines is 2. The highest BCUT2D eigenvalue weighted by Crippen LogP contribution is 2.19. The first kappa shape index (κ1) is 23.0. The lowest BCUT2D eigenvalue weighted by atomic mass is 10.1. The van der Waals surface area contributed by atoms with E-state index >= 15 is 0 Å². The van der Waals surface area contributed by atoms with E-state index in [-0.39, 0.29) is 11.8 Å². The van der Waals surface area contributed by atoms with Crippen LogP contribution in [-0.2, 0) is 11.2 Å². The van der Waals surface area contributed by atoms with Crippen molar-refractivity contribution in [3.05, 3.63) is 82.8 Å². The van der Waals surface area contributed by atoms with E-state index in [2.05, 4.69) is 20.7 Å². The van der Waals surface area contributed by atoms with Crippen LogP contribution in [0.3, 0.4) is 0 Å². The van der Waals surface area contributed by atoms with E-state index in [9.17, 15) is 9.59 Å². The fourth-order valence-electron chi connectivity index (χ4n) is 3.85. The van der Waals surface area contributed by atoms with Gasteiger partial charge in [0, 0.05) is 40.8 Å². The molecular weight excluding hydrogens is 430 g/mol. The summed E-state index contributed by atoms with van der Waals surface area (Å²) in [5.41, 5.74) is 6.45. The summed E-state index contributed by atoms with van der Waals surface area (Å²) >= 11 is 0. The highest BCUT2D eigenvalue weighted by atomic mass is 16.5. The van der Waals surface area contributed by atoms with Crippen LogP contribution in [0.4, 0.5) is 11.4 Å². The van der Waals surface area contributed by atoms with Crippen molar-refractivity contribution in [3.8, 4) is 5.75 Å². The van der Waals surface area contributed by atoms with Crippen LogP contribution in [0.15, 0.2) is 54.6 Å². The Kier molecular flexibility index (Phi) is 6.58. The number of rotatable bonds is 7. The van der Waals surface area contributed by atoms with Crippen molar-refractivity contribution >= 4 is 28.8 Å². The van der Waals surface area contributed by atoms with Crippen LogP contribution in [0.5, 0.6) is 5.75 Å². The first-order chi connectivity index (χ1) is 16.3. The third-order valence-electron chi connectivity index (χ3n) is 5.67. The van der Waals surface area contributed by atoms with Gasteiger partial charge >= 0.3 is 0 Å². The second-order valence-electron chi connectivity index (χ2n) is 8.13. The molecule has 2 N–H and O–H groups in total. The number of carbonyl (C=O) groups is 2. The maximum Gasteiger partial charge on any atom is 0.255 e. The Morgan fingerprint density at radius 3 is 2.26 bits per heavy atom. The summed E-state index contributed by atoms with van der Waals surface area (Å²) in [6.07, 6.45) is 0.878. The average Bonchev–Trinajstić information content (AvgIpc) is 3.20. The number of nitrogens with zero attached hydrogens (tertiary/aromatic N) is 3. The largest absolute Gasteiger partial charge is 0.497 e. The van der Waals surface area contributed by atoms with E-state index in [4.69, 9.17) is 4.74 Å². The van der Waals surface area contributed by atoms with Crippen LogP contribution in [0.2, 0.25) is 0 Å². The van der Waals surface area contributed by atoms with E-state index in [1.807, 2.05) is 31.4 Å². The standard InChI is InChI=1S/C26H27N5O3/c1-16-15-24-27-17(2)23(18(3)31(24)30-16)13-14-25(32)28-20-7-5-19(6-8-20)26(33)29-21-9-11-22(34-4)12-10-21/h5-12,15H,13-14H2,1-4H3,(H,28,32)(H,29,33). The lowest BCUT2D eigenvalue weighted by molar-refractivity contribution is -0.116. The van der Waals surface area contributed by atoms with Gasteiger partial charge in [0.15, 0.2) is 5.65 Å². The number of carbonyl (C=O) groups excluding carboxylic acids is 2. The van der Waals surface area contributed by atoms with Gasteiger partial charge in [0.1, 0.15) is 5.75 Å². The minimum Gasteiger partial charge on any atom is -0.497 e. The van der Waals surface area contributed by atoms with Crippen LogP contribution < -0.4 is 15.4 Å². The number of benzene rings is 2. The van der Waals surface area contributed by atoms with Crippen molar-refractivity contribution in [2.75, 3.05) is 17.7 Å². The van der Waals surface area contributed by atoms with E-state index in [1.54, 1.807) is 55.6 Å². The fraction of sp³-hybridized carbons (Fsp3) is 0.231. The number of aromatic nitrogens is 3. The monoisotopic (exact) mass is 457 g/mol. The lowest BCUT2D eigenvalue weighted by Crippen LogP contribution is -2.15. The van der Waals surface area contributed by atoms with Crippen LogP contribution >= 0.6 is 0 Å². The third kappa shape index (κ3) is 5.06. The molecule has 4 aromatic rings. The second kappa shape index (κ2) is 9.74. The van der Waals surface area contributed by atoms with E-state index in [1.165, 1.54) is 0 Å². The van der Waals surface area contributed by atoms with Gasteiger partial charge in [-0.3, -0.25) is 9.59 Å². The minimum absolute atomic E-state index is 0.106. The van der Waals surface area contributed by atoms with Gasteiger partial charge in [-0.05, 0) is 81.3 Å². The van der Waals surface area contributed by atoms with Crippen molar-refractivity contribution in [1.29, 1.82) is 0 Å². The van der Waals surface area contributed by atoms with Gasteiger partial charge in [-0.1, -0.05) is 0 Å². The Labute approximate surface area is 198 Å². The van der Waals surface area contributed by atoms with Crippen molar-refractivity contribution < 1.29 is 14.3 Å². The number of methoxy groups -OCH3 is 1. The van der Waals surface area contributed by atoms with Crippen molar-refractivity contribution in [2.24, 2.45) is 0 Å². The zero-order valence-corrected chi connectivity index (χ0v) is 19.7. The molecule has 2 amide bonds. The van der Waals surface area contributed by atoms with Crippen LogP contribution in [0, 0.1) is 20.8 Å². The molecule has 34 heavy (non-hydrogen) atoms. The zero-order valence-electron chi connectivity index (χ0n) is 19.7. The Hall–Kier alpha value is -4.20. The summed E-state index contributed by atoms with van der Waals surface area (Å²) in [6.45, 7) is 5.89. The van der Waals surface area contributed by atoms with E-state index in [0.29, 0.717) is 29.8 Å². The molecule has 0 atom stereocenters. The summed E-state index contributed by atoms with van der Waals surface area (Å²) in [6, 6.07) is 15.8. The topological polar surface area (TPSA) is 97.6 Å². The number of amides is 2. The van der Waals surface area contributed by atoms with Gasteiger partial charge in [0.25, 0.3) is 5.91 Å². The van der Waals surface area contributed by atoms with Crippen LogP contribution in [0.1, 0.15) is 39.4 Å². The quantitative estimate of drug-likeness (QED) is 0.426. The smallest absolute Gasteiger partial charge is 0.255 e. The van der Waals surface area contributed by atoms with Gasteiger partial charge in [0.2, 0.25) is 5.91 Å². The Bertz CT molecular complexity index is 1340. The van der Waals surface area contributed by atoms with Gasteiger partial charge < -0.3 is 15.4 Å². The van der Waals surface area contributed by atoms with Crippen LogP contribution in [0.25, 0.3) is 5.65 Å². The molecule has 8 nitrogen and oxygen atoms in total. The predicted octanol–water partition coefficient (Wildman–Crippen LogP) is 4.49. The number of hydrogen-bond donors (Lipinski definition) is 2. The van der Waals surface area contributed by atoms with E-state index < -0.39 is 0 Å². The summed E-state index contributed by atoms with van der Waals surface area (Å²) in [5.74, 6) is 0.383. The van der Waals surface area contributed by atoms with E-state index in [0.717, 1.165) is 34.0 Å². The molecule has 0 aliphatic carbocycles. The Morgan fingerprint density at radius 2 is 1.59 bits per heavy atom. The van der Waals surface area contributed by atoms with Crippen molar-refractivity contribution in [1.82, 2.24) is 14.6 Å². The normalized spacial score (nSPS) is 10.8. The summed E-state index contributed by atoms with van der Waals surface area (Å²) in [7, 11) is 1.59. The Balaban J connectivity index is 1.34. The molecule has 174 valence electrons. The van der Waals surface area contributed by atoms with Gasteiger partial charge in [-0.15, -0.1) is 0 Å². The summed E-state index contributed by atoms with van der Waals surface area (Å²) in [4.78, 5) is 29.6. The molecule has 0 bridgehead atoms. The highest BCUT2D eigenvalue weighted by molar-refractivity contribution is 6.04. The second-order valence-corrected chi connectivity index (χ2v) is 8.13. The first-order valence-electron chi connectivity index (χ1n) is 11.0. The number of nitrogens with one attached hydrogen (secondary N) is 2. The third-order valence-corrected chi connectivity index (χ3v) is 5.67. The maximum absolute atomic E-state index is 12.5. The summed E-state index contributed by atoms with van der Waals surface area (Å²) in [5, 5.41) is 10.2. The number of ether oxygens (including phenoxy) is 1. The molecular formula is C26H27N5O3. The molecule has 2 heterocycles. The number of aryl methyl sites for hydroxylation is 3. The van der Waals surface area contributed by atoms with Gasteiger partial charge in [0.05, 0.1) is 12.8 Å². The van der Waals surface area contributed by atoms with Crippen molar-refractivity contribution in [3.63, 3.8) is 0 Å². The molecule has 0 fully saturated rings.